The van der Waals surface area contributed by atoms with E-state index in [1.54, 1.807) is 12.1 Å². The summed E-state index contributed by atoms with van der Waals surface area (Å²) in [6.07, 6.45) is 1.70. The Labute approximate surface area is 174 Å². The van der Waals surface area contributed by atoms with Gasteiger partial charge in [-0.15, -0.1) is 0 Å². The van der Waals surface area contributed by atoms with Gasteiger partial charge in [0.2, 0.25) is 10.0 Å². The highest BCUT2D eigenvalue weighted by Crippen LogP contribution is 2.18. The monoisotopic (exact) mass is 468 g/mol. The van der Waals surface area contributed by atoms with E-state index in [1.807, 2.05) is 38.1 Å². The minimum absolute atomic E-state index is 0.154. The van der Waals surface area contributed by atoms with Crippen LogP contribution in [-0.2, 0) is 14.8 Å². The molecule has 0 bridgehead atoms. The number of hydrogen-bond donors (Lipinski definition) is 2. The van der Waals surface area contributed by atoms with Crippen molar-refractivity contribution in [1.29, 1.82) is 0 Å². The minimum Gasteiger partial charge on any atom is -0.484 e. The van der Waals surface area contributed by atoms with E-state index in [1.165, 1.54) is 12.1 Å². The van der Waals surface area contributed by atoms with Crippen molar-refractivity contribution in [2.24, 2.45) is 0 Å². The van der Waals surface area contributed by atoms with Gasteiger partial charge in [0.15, 0.2) is 6.61 Å². The summed E-state index contributed by atoms with van der Waals surface area (Å²) in [7, 11) is -3.52. The molecule has 1 atom stereocenters. The fourth-order valence-corrected chi connectivity index (χ4v) is 3.96. The van der Waals surface area contributed by atoms with Crippen molar-refractivity contribution < 1.29 is 17.9 Å². The van der Waals surface area contributed by atoms with Crippen molar-refractivity contribution in [2.75, 3.05) is 13.2 Å². The first-order valence-corrected chi connectivity index (χ1v) is 11.4. The first kappa shape index (κ1) is 22.4. The summed E-state index contributed by atoms with van der Waals surface area (Å²) < 4.78 is 33.2. The average molecular weight is 469 g/mol. The van der Waals surface area contributed by atoms with Crippen molar-refractivity contribution in [3.8, 4) is 5.75 Å². The van der Waals surface area contributed by atoms with Crippen molar-refractivity contribution in [3.05, 3.63) is 58.6 Å². The molecule has 0 aliphatic carbocycles. The first-order valence-electron chi connectivity index (χ1n) is 9.09. The predicted molar refractivity (Wildman–Crippen MR) is 113 cm³/mol. The van der Waals surface area contributed by atoms with E-state index in [0.29, 0.717) is 12.3 Å². The highest BCUT2D eigenvalue weighted by atomic mass is 79.9. The van der Waals surface area contributed by atoms with Crippen LogP contribution in [0.25, 0.3) is 0 Å². The average Bonchev–Trinajstić information content (AvgIpc) is 2.67. The molecule has 0 saturated heterocycles. The Balaban J connectivity index is 1.86. The molecule has 0 unspecified atom stereocenters. The first-order chi connectivity index (χ1) is 13.3. The number of sulfonamides is 1. The van der Waals surface area contributed by atoms with Crippen LogP contribution in [0.15, 0.2) is 57.9 Å². The number of ether oxygens (including phenoxy) is 1. The van der Waals surface area contributed by atoms with Crippen LogP contribution in [0.1, 0.15) is 38.3 Å². The van der Waals surface area contributed by atoms with Crippen LogP contribution in [0, 0.1) is 0 Å². The van der Waals surface area contributed by atoms with Crippen molar-refractivity contribution in [2.45, 2.75) is 37.6 Å². The molecule has 0 fully saturated rings. The lowest BCUT2D eigenvalue weighted by Gasteiger charge is -2.15. The van der Waals surface area contributed by atoms with Gasteiger partial charge >= 0.3 is 0 Å². The number of benzene rings is 2. The Hall–Kier alpha value is -1.90. The summed E-state index contributed by atoms with van der Waals surface area (Å²) in [5, 5.41) is 2.87. The lowest BCUT2D eigenvalue weighted by Crippen LogP contribution is -2.31. The SMILES string of the molecule is CCCCNS(=O)(=O)c1ccc(OCC(=O)N[C@H](C)c2cccc(Br)c2)cc1. The van der Waals surface area contributed by atoms with E-state index in [0.717, 1.165) is 22.9 Å². The maximum atomic E-state index is 12.1. The Morgan fingerprint density at radius 1 is 1.18 bits per heavy atom. The number of amides is 1. The summed E-state index contributed by atoms with van der Waals surface area (Å²) in [6, 6.07) is 13.6. The molecule has 152 valence electrons. The quantitative estimate of drug-likeness (QED) is 0.519. The maximum absolute atomic E-state index is 12.1. The third kappa shape index (κ3) is 6.92. The zero-order valence-corrected chi connectivity index (χ0v) is 18.3. The molecule has 2 aromatic carbocycles. The third-order valence-electron chi connectivity index (χ3n) is 4.05. The second-order valence-electron chi connectivity index (χ2n) is 6.36. The van der Waals surface area contributed by atoms with E-state index in [4.69, 9.17) is 4.74 Å². The molecule has 0 aliphatic rings. The number of halogens is 1. The molecule has 6 nitrogen and oxygen atoms in total. The summed E-state index contributed by atoms with van der Waals surface area (Å²) in [5.41, 5.74) is 0.979. The van der Waals surface area contributed by atoms with Gasteiger partial charge in [-0.25, -0.2) is 13.1 Å². The van der Waals surface area contributed by atoms with Crippen LogP contribution in [-0.4, -0.2) is 27.5 Å². The molecule has 8 heteroatoms. The number of carbonyl (C=O) groups excluding carboxylic acids is 1. The molecule has 2 rings (SSSR count). The lowest BCUT2D eigenvalue weighted by atomic mass is 10.1. The molecule has 2 aromatic rings. The predicted octanol–water partition coefficient (Wildman–Crippen LogP) is 3.78. The van der Waals surface area contributed by atoms with Gasteiger partial charge in [0, 0.05) is 11.0 Å². The van der Waals surface area contributed by atoms with Crippen LogP contribution in [0.4, 0.5) is 0 Å². The van der Waals surface area contributed by atoms with Gasteiger partial charge in [0.25, 0.3) is 5.91 Å². The molecule has 0 saturated carbocycles. The number of carbonyl (C=O) groups is 1. The lowest BCUT2D eigenvalue weighted by molar-refractivity contribution is -0.123. The van der Waals surface area contributed by atoms with Crippen LogP contribution < -0.4 is 14.8 Å². The Bertz CT molecular complexity index is 885. The van der Waals surface area contributed by atoms with Gasteiger partial charge < -0.3 is 10.1 Å². The van der Waals surface area contributed by atoms with E-state index in [-0.39, 0.29) is 23.5 Å². The summed E-state index contributed by atoms with van der Waals surface area (Å²) in [4.78, 5) is 12.3. The summed E-state index contributed by atoms with van der Waals surface area (Å²) in [6.45, 7) is 4.15. The molecular formula is C20H25BrN2O4S. The van der Waals surface area contributed by atoms with Gasteiger partial charge in [0.1, 0.15) is 5.75 Å². The highest BCUT2D eigenvalue weighted by molar-refractivity contribution is 9.10. The second kappa shape index (κ2) is 10.6. The molecule has 1 amide bonds. The van der Waals surface area contributed by atoms with Crippen LogP contribution in [0.2, 0.25) is 0 Å². The largest absolute Gasteiger partial charge is 0.484 e. The number of hydrogen-bond acceptors (Lipinski definition) is 4. The third-order valence-corrected chi connectivity index (χ3v) is 6.02. The smallest absolute Gasteiger partial charge is 0.258 e. The van der Waals surface area contributed by atoms with Gasteiger partial charge in [-0.2, -0.15) is 0 Å². The normalized spacial score (nSPS) is 12.4. The van der Waals surface area contributed by atoms with Crippen molar-refractivity contribution in [3.63, 3.8) is 0 Å². The molecular weight excluding hydrogens is 444 g/mol. The van der Waals surface area contributed by atoms with Crippen molar-refractivity contribution in [1.82, 2.24) is 10.0 Å². The van der Waals surface area contributed by atoms with E-state index in [9.17, 15) is 13.2 Å². The summed E-state index contributed by atoms with van der Waals surface area (Å²) >= 11 is 3.41. The Morgan fingerprint density at radius 3 is 2.54 bits per heavy atom. The van der Waals surface area contributed by atoms with Crippen LogP contribution >= 0.6 is 15.9 Å². The molecule has 2 N–H and O–H groups in total. The van der Waals surface area contributed by atoms with E-state index >= 15 is 0 Å². The zero-order chi connectivity index (χ0) is 20.6. The van der Waals surface area contributed by atoms with Gasteiger partial charge in [-0.05, 0) is 55.3 Å². The molecule has 0 spiro atoms. The number of unbranched alkanes of at least 4 members (excludes halogenated alkanes) is 1. The second-order valence-corrected chi connectivity index (χ2v) is 9.04. The molecule has 28 heavy (non-hydrogen) atoms. The van der Waals surface area contributed by atoms with E-state index in [2.05, 4.69) is 26.0 Å². The molecule has 0 heterocycles. The van der Waals surface area contributed by atoms with Gasteiger partial charge in [0.05, 0.1) is 10.9 Å². The summed E-state index contributed by atoms with van der Waals surface area (Å²) in [5.74, 6) is 0.170. The van der Waals surface area contributed by atoms with Crippen LogP contribution in [0.3, 0.4) is 0 Å². The zero-order valence-electron chi connectivity index (χ0n) is 15.9. The fraction of sp³-hybridized carbons (Fsp3) is 0.350. The highest BCUT2D eigenvalue weighted by Gasteiger charge is 2.14. The Kier molecular flexibility index (Phi) is 8.47. The number of nitrogens with one attached hydrogen (secondary N) is 2. The van der Waals surface area contributed by atoms with Crippen LogP contribution in [0.5, 0.6) is 5.75 Å². The number of rotatable bonds is 10. The molecule has 0 aromatic heterocycles. The van der Waals surface area contributed by atoms with E-state index < -0.39 is 10.0 Å². The maximum Gasteiger partial charge on any atom is 0.258 e. The topological polar surface area (TPSA) is 84.5 Å². The Morgan fingerprint density at radius 2 is 1.89 bits per heavy atom. The minimum atomic E-state index is -3.52. The fourth-order valence-electron chi connectivity index (χ4n) is 2.47. The van der Waals surface area contributed by atoms with Gasteiger partial charge in [-0.3, -0.25) is 4.79 Å². The van der Waals surface area contributed by atoms with Gasteiger partial charge in [-0.1, -0.05) is 41.4 Å². The standard InChI is InChI=1S/C20H25BrN2O4S/c1-3-4-12-22-28(25,26)19-10-8-18(9-11-19)27-14-20(24)23-15(2)16-6-5-7-17(21)13-16/h5-11,13,15,22H,3-4,12,14H2,1-2H3,(H,23,24)/t15-/m1/s1. The van der Waals surface area contributed by atoms with Crippen molar-refractivity contribution >= 4 is 31.9 Å². The molecule has 0 aliphatic heterocycles. The molecule has 0 radical (unpaired) electrons.